The van der Waals surface area contributed by atoms with Gasteiger partial charge < -0.3 is 15.2 Å². The van der Waals surface area contributed by atoms with E-state index in [0.717, 1.165) is 18.9 Å². The van der Waals surface area contributed by atoms with Crippen LogP contribution in [0.15, 0.2) is 18.2 Å². The third-order valence-electron chi connectivity index (χ3n) is 3.30. The second-order valence-corrected chi connectivity index (χ2v) is 4.68. The maximum atomic E-state index is 11.0. The third-order valence-corrected chi connectivity index (χ3v) is 3.30. The van der Waals surface area contributed by atoms with Crippen molar-refractivity contribution in [3.05, 3.63) is 33.9 Å². The van der Waals surface area contributed by atoms with E-state index in [9.17, 15) is 14.9 Å². The summed E-state index contributed by atoms with van der Waals surface area (Å²) in [5.41, 5.74) is 0.0350. The average molecular weight is 280 g/mol. The molecule has 1 aliphatic carbocycles. The van der Waals surface area contributed by atoms with E-state index < -0.39 is 10.9 Å². The number of nitro groups is 1. The number of carbonyl (C=O) groups is 1. The summed E-state index contributed by atoms with van der Waals surface area (Å²) in [7, 11) is 0. The number of aromatic carboxylic acids is 1. The molecule has 0 unspecified atom stereocenters. The van der Waals surface area contributed by atoms with Crippen LogP contribution in [0.1, 0.15) is 30.1 Å². The summed E-state index contributed by atoms with van der Waals surface area (Å²) in [5, 5.41) is 22.9. The third kappa shape index (κ3) is 3.05. The molecule has 0 radical (unpaired) electrons. The minimum absolute atomic E-state index is 0.0944. The Morgan fingerprint density at radius 2 is 2.25 bits per heavy atom. The van der Waals surface area contributed by atoms with Crippen molar-refractivity contribution >= 4 is 17.3 Å². The molecule has 0 spiro atoms. The second kappa shape index (κ2) is 5.87. The monoisotopic (exact) mass is 280 g/mol. The Balaban J connectivity index is 2.08. The van der Waals surface area contributed by atoms with Gasteiger partial charge in [-0.15, -0.1) is 0 Å². The van der Waals surface area contributed by atoms with Crippen molar-refractivity contribution in [3.8, 4) is 0 Å². The van der Waals surface area contributed by atoms with Gasteiger partial charge in [0.15, 0.2) is 0 Å². The van der Waals surface area contributed by atoms with Crippen molar-refractivity contribution < 1.29 is 19.6 Å². The van der Waals surface area contributed by atoms with E-state index >= 15 is 0 Å². The van der Waals surface area contributed by atoms with Crippen molar-refractivity contribution in [2.75, 3.05) is 11.9 Å². The van der Waals surface area contributed by atoms with E-state index in [-0.39, 0.29) is 23.4 Å². The first kappa shape index (κ1) is 14.3. The van der Waals surface area contributed by atoms with Crippen molar-refractivity contribution in [2.45, 2.75) is 31.9 Å². The molecular weight excluding hydrogens is 264 g/mol. The number of hydrogen-bond donors (Lipinski definition) is 2. The molecule has 0 bridgehead atoms. The number of rotatable bonds is 6. The van der Waals surface area contributed by atoms with Gasteiger partial charge in [-0.2, -0.15) is 0 Å². The zero-order chi connectivity index (χ0) is 14.7. The van der Waals surface area contributed by atoms with Gasteiger partial charge in [-0.1, -0.05) is 0 Å². The molecule has 1 aliphatic rings. The van der Waals surface area contributed by atoms with Crippen LogP contribution >= 0.6 is 0 Å². The second-order valence-electron chi connectivity index (χ2n) is 4.68. The van der Waals surface area contributed by atoms with Gasteiger partial charge in [0, 0.05) is 18.7 Å². The first-order valence-electron chi connectivity index (χ1n) is 6.41. The highest BCUT2D eigenvalue weighted by atomic mass is 16.6. The van der Waals surface area contributed by atoms with Gasteiger partial charge in [-0.05, 0) is 31.9 Å². The maximum absolute atomic E-state index is 11.0. The molecule has 1 aromatic carbocycles. The summed E-state index contributed by atoms with van der Waals surface area (Å²) >= 11 is 0. The Labute approximate surface area is 115 Å². The highest BCUT2D eigenvalue weighted by molar-refractivity contribution is 5.89. The minimum atomic E-state index is -1.18. The molecule has 0 amide bonds. The largest absolute Gasteiger partial charge is 0.478 e. The highest BCUT2D eigenvalue weighted by Crippen LogP contribution is 2.31. The fraction of sp³-hybridized carbons (Fsp3) is 0.462. The van der Waals surface area contributed by atoms with Crippen LogP contribution in [-0.4, -0.2) is 34.8 Å². The summed E-state index contributed by atoms with van der Waals surface area (Å²) in [5.74, 6) is -1.18. The van der Waals surface area contributed by atoms with E-state index in [0.29, 0.717) is 12.3 Å². The first-order chi connectivity index (χ1) is 9.51. The summed E-state index contributed by atoms with van der Waals surface area (Å²) in [4.78, 5) is 21.3. The Morgan fingerprint density at radius 3 is 2.80 bits per heavy atom. The van der Waals surface area contributed by atoms with Crippen LogP contribution in [0.5, 0.6) is 0 Å². The maximum Gasteiger partial charge on any atom is 0.335 e. The summed E-state index contributed by atoms with van der Waals surface area (Å²) in [6.45, 7) is 2.58. The van der Waals surface area contributed by atoms with Gasteiger partial charge in [-0.3, -0.25) is 10.1 Å². The Hall–Kier alpha value is -2.15. The number of nitrogens with zero attached hydrogens (tertiary/aromatic N) is 1. The number of carboxylic acid groups (broad SMARTS) is 1. The molecule has 20 heavy (non-hydrogen) atoms. The zero-order valence-electron chi connectivity index (χ0n) is 11.0. The molecule has 0 saturated heterocycles. The number of anilines is 1. The molecule has 0 atom stereocenters. The van der Waals surface area contributed by atoms with Crippen molar-refractivity contribution in [2.24, 2.45) is 0 Å². The van der Waals surface area contributed by atoms with Gasteiger partial charge in [0.2, 0.25) is 0 Å². The van der Waals surface area contributed by atoms with Crippen molar-refractivity contribution in [3.63, 3.8) is 0 Å². The van der Waals surface area contributed by atoms with Gasteiger partial charge in [-0.25, -0.2) is 4.79 Å². The Bertz CT molecular complexity index is 525. The van der Waals surface area contributed by atoms with Crippen LogP contribution in [0.4, 0.5) is 11.4 Å². The van der Waals surface area contributed by atoms with Gasteiger partial charge >= 0.3 is 5.97 Å². The molecule has 7 heteroatoms. The van der Waals surface area contributed by atoms with Gasteiger partial charge in [0.25, 0.3) is 5.69 Å². The molecule has 2 N–H and O–H groups in total. The summed E-state index contributed by atoms with van der Waals surface area (Å²) in [6.07, 6.45) is 1.80. The van der Waals surface area contributed by atoms with E-state index in [2.05, 4.69) is 5.32 Å². The number of nitrogens with one attached hydrogen (secondary N) is 1. The summed E-state index contributed by atoms with van der Waals surface area (Å²) in [6, 6.07) is 4.00. The highest BCUT2D eigenvalue weighted by Gasteiger charge is 2.31. The number of hydrogen-bond acceptors (Lipinski definition) is 5. The lowest BCUT2D eigenvalue weighted by Gasteiger charge is -2.35. The van der Waals surface area contributed by atoms with E-state index in [1.54, 1.807) is 0 Å². The van der Waals surface area contributed by atoms with Crippen LogP contribution < -0.4 is 5.32 Å². The van der Waals surface area contributed by atoms with E-state index in [1.165, 1.54) is 12.1 Å². The van der Waals surface area contributed by atoms with E-state index in [1.807, 2.05) is 6.92 Å². The van der Waals surface area contributed by atoms with Crippen LogP contribution in [0.25, 0.3) is 0 Å². The molecular formula is C13H16N2O5. The number of ether oxygens (including phenoxy) is 1. The van der Waals surface area contributed by atoms with Crippen LogP contribution in [-0.2, 0) is 4.74 Å². The SMILES string of the molecule is CCOC1CC(Nc2ccc(C(=O)O)cc2[N+](=O)[O-])C1. The molecule has 0 heterocycles. The first-order valence-corrected chi connectivity index (χ1v) is 6.41. The molecule has 1 fully saturated rings. The van der Waals surface area contributed by atoms with Crippen molar-refractivity contribution in [1.82, 2.24) is 0 Å². The number of benzene rings is 1. The quantitative estimate of drug-likeness (QED) is 0.612. The molecule has 1 saturated carbocycles. The minimum Gasteiger partial charge on any atom is -0.478 e. The predicted molar refractivity (Wildman–Crippen MR) is 72.1 cm³/mol. The molecule has 2 rings (SSSR count). The average Bonchev–Trinajstić information content (AvgIpc) is 2.36. The Kier molecular flexibility index (Phi) is 4.19. The molecule has 1 aromatic rings. The lowest BCUT2D eigenvalue weighted by molar-refractivity contribution is -0.384. The molecule has 0 aliphatic heterocycles. The van der Waals surface area contributed by atoms with Gasteiger partial charge in [0.1, 0.15) is 5.69 Å². The molecule has 0 aromatic heterocycles. The molecule has 7 nitrogen and oxygen atoms in total. The lowest BCUT2D eigenvalue weighted by Crippen LogP contribution is -2.40. The fourth-order valence-electron chi connectivity index (χ4n) is 2.21. The van der Waals surface area contributed by atoms with E-state index in [4.69, 9.17) is 9.84 Å². The zero-order valence-corrected chi connectivity index (χ0v) is 11.0. The smallest absolute Gasteiger partial charge is 0.335 e. The predicted octanol–water partition coefficient (Wildman–Crippen LogP) is 2.27. The van der Waals surface area contributed by atoms with Crippen LogP contribution in [0, 0.1) is 10.1 Å². The van der Waals surface area contributed by atoms with Gasteiger partial charge in [0.05, 0.1) is 16.6 Å². The number of nitro benzene ring substituents is 1. The fourth-order valence-corrected chi connectivity index (χ4v) is 2.21. The lowest BCUT2D eigenvalue weighted by atomic mass is 9.89. The normalized spacial score (nSPS) is 21.1. The van der Waals surface area contributed by atoms with Crippen LogP contribution in [0.2, 0.25) is 0 Å². The number of carboxylic acids is 1. The van der Waals surface area contributed by atoms with Crippen molar-refractivity contribution in [1.29, 1.82) is 0 Å². The topological polar surface area (TPSA) is 102 Å². The standard InChI is InChI=1S/C13H16N2O5/c1-2-20-10-6-9(7-10)14-11-4-3-8(13(16)17)5-12(11)15(18)19/h3-5,9-10,14H,2,6-7H2,1H3,(H,16,17). The van der Waals surface area contributed by atoms with Crippen LogP contribution in [0.3, 0.4) is 0 Å². The Morgan fingerprint density at radius 1 is 1.55 bits per heavy atom. The summed E-state index contributed by atoms with van der Waals surface area (Å²) < 4.78 is 5.42. The molecule has 108 valence electrons.